The summed E-state index contributed by atoms with van der Waals surface area (Å²) < 4.78 is 3.10. The Hall–Kier alpha value is -2.87. The number of carbonyl (C=O) groups excluding carboxylic acids is 1. The van der Waals surface area contributed by atoms with E-state index in [0.29, 0.717) is 11.4 Å². The Morgan fingerprint density at radius 3 is 2.50 bits per heavy atom. The number of nitrogens with zero attached hydrogens (tertiary/aromatic N) is 2. The number of para-hydroxylation sites is 1. The number of benzene rings is 1. The van der Waals surface area contributed by atoms with Gasteiger partial charge in [-0.2, -0.15) is 0 Å². The Morgan fingerprint density at radius 2 is 1.92 bits per heavy atom. The molecule has 0 aliphatic carbocycles. The predicted molar refractivity (Wildman–Crippen MR) is 89.2 cm³/mol. The fourth-order valence-electron chi connectivity index (χ4n) is 2.32. The van der Waals surface area contributed by atoms with Gasteiger partial charge in [-0.15, -0.1) is 0 Å². The minimum atomic E-state index is -1.16. The smallest absolute Gasteiger partial charge is 0.320 e. The number of amides is 1. The molecule has 0 bridgehead atoms. The third-order valence-electron chi connectivity index (χ3n) is 3.82. The summed E-state index contributed by atoms with van der Waals surface area (Å²) in [6.45, 7) is 1.72. The molecule has 1 amide bonds. The van der Waals surface area contributed by atoms with Crippen LogP contribution in [-0.2, 0) is 16.6 Å². The molecule has 0 saturated heterocycles. The molecule has 8 heteroatoms. The highest BCUT2D eigenvalue weighted by Crippen LogP contribution is 2.14. The van der Waals surface area contributed by atoms with Crippen molar-refractivity contribution in [2.24, 2.45) is 12.8 Å². The first kappa shape index (κ1) is 17.5. The molecule has 2 rings (SSSR count). The number of carbonyl (C=O) groups is 2. The fraction of sp³-hybridized carbons (Fsp3) is 0.312. The summed E-state index contributed by atoms with van der Waals surface area (Å²) in [4.78, 5) is 35.3. The second-order valence-corrected chi connectivity index (χ2v) is 5.47. The molecule has 0 aliphatic heterocycles. The van der Waals surface area contributed by atoms with Gasteiger partial charge in [0.1, 0.15) is 11.7 Å². The van der Waals surface area contributed by atoms with Gasteiger partial charge in [-0.25, -0.2) is 4.68 Å². The highest BCUT2D eigenvalue weighted by Gasteiger charge is 2.19. The van der Waals surface area contributed by atoms with Crippen LogP contribution in [0.3, 0.4) is 0 Å². The topological polar surface area (TPSA) is 119 Å². The lowest BCUT2D eigenvalue weighted by Crippen LogP contribution is -2.31. The van der Waals surface area contributed by atoms with Crippen molar-refractivity contribution < 1.29 is 14.7 Å². The van der Waals surface area contributed by atoms with E-state index in [0.717, 1.165) is 0 Å². The van der Waals surface area contributed by atoms with Crippen LogP contribution in [0.2, 0.25) is 0 Å². The van der Waals surface area contributed by atoms with E-state index in [9.17, 15) is 14.4 Å². The molecular weight excluding hydrogens is 312 g/mol. The van der Waals surface area contributed by atoms with Crippen LogP contribution in [0, 0.1) is 6.92 Å². The van der Waals surface area contributed by atoms with Crippen molar-refractivity contribution in [2.75, 3.05) is 5.32 Å². The van der Waals surface area contributed by atoms with Crippen molar-refractivity contribution in [1.29, 1.82) is 0 Å². The van der Waals surface area contributed by atoms with Gasteiger partial charge in [-0.1, -0.05) is 18.2 Å². The lowest BCUT2D eigenvalue weighted by atomic mass is 10.1. The molecule has 0 spiro atoms. The van der Waals surface area contributed by atoms with Crippen LogP contribution in [0.1, 0.15) is 18.5 Å². The van der Waals surface area contributed by atoms with Gasteiger partial charge in [0.25, 0.3) is 5.56 Å². The van der Waals surface area contributed by atoms with Gasteiger partial charge in [-0.3, -0.25) is 19.1 Å². The molecule has 0 fully saturated rings. The molecule has 0 radical (unpaired) electrons. The lowest BCUT2D eigenvalue weighted by Gasteiger charge is -2.07. The molecular formula is C16H20N4O4. The molecule has 24 heavy (non-hydrogen) atoms. The third-order valence-corrected chi connectivity index (χ3v) is 3.82. The summed E-state index contributed by atoms with van der Waals surface area (Å²) in [5, 5.41) is 11.3. The minimum Gasteiger partial charge on any atom is -0.480 e. The monoisotopic (exact) mass is 332 g/mol. The van der Waals surface area contributed by atoms with Gasteiger partial charge in [0.05, 0.1) is 11.4 Å². The first-order chi connectivity index (χ1) is 11.3. The number of carboxylic acid groups (broad SMARTS) is 1. The van der Waals surface area contributed by atoms with E-state index in [1.807, 2.05) is 18.2 Å². The molecule has 1 heterocycles. The standard InChI is InChI=1S/C16H20N4O4/c1-10-14(18-13(21)9-8-12(17)16(23)24)15(22)20(19(10)2)11-6-4-3-5-7-11/h3-7,12H,8-9,17H2,1-2H3,(H,18,21)(H,23,24)/t12-/m0/s1. The van der Waals surface area contributed by atoms with E-state index in [2.05, 4.69) is 5.32 Å². The number of nitrogens with one attached hydrogen (secondary N) is 1. The van der Waals surface area contributed by atoms with Crippen molar-refractivity contribution in [3.8, 4) is 5.69 Å². The molecule has 2 aromatic rings. The van der Waals surface area contributed by atoms with Gasteiger partial charge in [0, 0.05) is 13.5 Å². The number of aliphatic carboxylic acids is 1. The number of hydrogen-bond donors (Lipinski definition) is 3. The minimum absolute atomic E-state index is 0.0000758. The predicted octanol–water partition coefficient (Wildman–Crippen LogP) is 0.615. The first-order valence-corrected chi connectivity index (χ1v) is 7.45. The SMILES string of the molecule is Cc1c(NC(=O)CC[C@H](N)C(=O)O)c(=O)n(-c2ccccc2)n1C. The van der Waals surface area contributed by atoms with Gasteiger partial charge in [0.15, 0.2) is 0 Å². The van der Waals surface area contributed by atoms with Crippen molar-refractivity contribution in [3.63, 3.8) is 0 Å². The maximum Gasteiger partial charge on any atom is 0.320 e. The number of nitrogens with two attached hydrogens (primary N) is 1. The maximum absolute atomic E-state index is 12.6. The highest BCUT2D eigenvalue weighted by atomic mass is 16.4. The molecule has 1 atom stereocenters. The van der Waals surface area contributed by atoms with Crippen LogP contribution < -0.4 is 16.6 Å². The molecule has 0 saturated carbocycles. The van der Waals surface area contributed by atoms with E-state index in [4.69, 9.17) is 10.8 Å². The van der Waals surface area contributed by atoms with Crippen LogP contribution in [-0.4, -0.2) is 32.4 Å². The van der Waals surface area contributed by atoms with Gasteiger partial charge < -0.3 is 16.2 Å². The fourth-order valence-corrected chi connectivity index (χ4v) is 2.32. The normalized spacial score (nSPS) is 12.0. The summed E-state index contributed by atoms with van der Waals surface area (Å²) in [7, 11) is 1.72. The summed E-state index contributed by atoms with van der Waals surface area (Å²) in [5.41, 5.74) is 6.48. The van der Waals surface area contributed by atoms with Gasteiger partial charge >= 0.3 is 5.97 Å². The second kappa shape index (κ2) is 7.14. The zero-order valence-corrected chi connectivity index (χ0v) is 13.5. The molecule has 128 valence electrons. The maximum atomic E-state index is 12.6. The van der Waals surface area contributed by atoms with Crippen molar-refractivity contribution in [3.05, 3.63) is 46.4 Å². The van der Waals surface area contributed by atoms with E-state index in [1.165, 1.54) is 4.68 Å². The Morgan fingerprint density at radius 1 is 1.29 bits per heavy atom. The number of anilines is 1. The Kier molecular flexibility index (Phi) is 5.20. The summed E-state index contributed by atoms with van der Waals surface area (Å²) in [6.07, 6.45) is -0.0769. The lowest BCUT2D eigenvalue weighted by molar-refractivity contribution is -0.138. The Bertz CT molecular complexity index is 807. The average Bonchev–Trinajstić information content (AvgIpc) is 2.77. The Labute approximate surface area is 138 Å². The largest absolute Gasteiger partial charge is 0.480 e. The highest BCUT2D eigenvalue weighted by molar-refractivity contribution is 5.91. The summed E-state index contributed by atoms with van der Waals surface area (Å²) in [6, 6.07) is 7.95. The molecule has 0 unspecified atom stereocenters. The van der Waals surface area contributed by atoms with E-state index in [-0.39, 0.29) is 24.1 Å². The van der Waals surface area contributed by atoms with Crippen LogP contribution >= 0.6 is 0 Å². The zero-order valence-electron chi connectivity index (χ0n) is 13.5. The van der Waals surface area contributed by atoms with Gasteiger partial charge in [0.2, 0.25) is 5.91 Å². The molecule has 4 N–H and O–H groups in total. The van der Waals surface area contributed by atoms with E-state index >= 15 is 0 Å². The zero-order chi connectivity index (χ0) is 17.9. The first-order valence-electron chi connectivity index (χ1n) is 7.45. The van der Waals surface area contributed by atoms with Crippen LogP contribution in [0.4, 0.5) is 5.69 Å². The molecule has 1 aromatic carbocycles. The number of hydrogen-bond acceptors (Lipinski definition) is 4. The van der Waals surface area contributed by atoms with E-state index in [1.54, 1.807) is 30.8 Å². The number of rotatable bonds is 6. The number of aromatic nitrogens is 2. The second-order valence-electron chi connectivity index (χ2n) is 5.47. The van der Waals surface area contributed by atoms with E-state index < -0.39 is 17.9 Å². The van der Waals surface area contributed by atoms with Crippen molar-refractivity contribution >= 4 is 17.6 Å². The van der Waals surface area contributed by atoms with Crippen molar-refractivity contribution in [2.45, 2.75) is 25.8 Å². The number of carboxylic acids is 1. The van der Waals surface area contributed by atoms with Crippen molar-refractivity contribution in [1.82, 2.24) is 9.36 Å². The average molecular weight is 332 g/mol. The van der Waals surface area contributed by atoms with Crippen LogP contribution in [0.25, 0.3) is 5.69 Å². The van der Waals surface area contributed by atoms with Gasteiger partial charge in [-0.05, 0) is 25.5 Å². The molecule has 1 aromatic heterocycles. The van der Waals surface area contributed by atoms with Crippen LogP contribution in [0.15, 0.2) is 35.1 Å². The molecule has 8 nitrogen and oxygen atoms in total. The van der Waals surface area contributed by atoms with Crippen LogP contribution in [0.5, 0.6) is 0 Å². The summed E-state index contributed by atoms with van der Waals surface area (Å²) in [5.74, 6) is -1.61. The summed E-state index contributed by atoms with van der Waals surface area (Å²) >= 11 is 0. The third kappa shape index (κ3) is 3.54. The quantitative estimate of drug-likeness (QED) is 0.716. The Balaban J connectivity index is 2.22. The molecule has 0 aliphatic rings.